The van der Waals surface area contributed by atoms with Gasteiger partial charge in [0.05, 0.1) is 5.02 Å². The maximum absolute atomic E-state index is 11.8. The number of benzene rings is 1. The molecule has 0 fully saturated rings. The summed E-state index contributed by atoms with van der Waals surface area (Å²) in [5, 5.41) is 0.155. The Morgan fingerprint density at radius 2 is 2.00 bits per heavy atom. The van der Waals surface area contributed by atoms with E-state index >= 15 is 0 Å². The Morgan fingerprint density at radius 1 is 1.38 bits per heavy atom. The first-order valence-electron chi connectivity index (χ1n) is 4.82. The van der Waals surface area contributed by atoms with Gasteiger partial charge in [-0.05, 0) is 25.5 Å². The van der Waals surface area contributed by atoms with E-state index in [2.05, 4.69) is 4.72 Å². The Bertz CT molecular complexity index is 446. The van der Waals surface area contributed by atoms with Gasteiger partial charge >= 0.3 is 0 Å². The fourth-order valence-corrected chi connectivity index (χ4v) is 2.81. The fraction of sp³-hybridized carbons (Fsp3) is 0.400. The molecule has 0 aliphatic carbocycles. The van der Waals surface area contributed by atoms with E-state index in [9.17, 15) is 8.42 Å². The SMILES string of the molecule is CC(Cl)CCNS(=O)(=O)c1ccccc1Cl. The van der Waals surface area contributed by atoms with Gasteiger partial charge in [0.25, 0.3) is 0 Å². The largest absolute Gasteiger partial charge is 0.242 e. The molecule has 1 rings (SSSR count). The van der Waals surface area contributed by atoms with Crippen LogP contribution in [0.1, 0.15) is 13.3 Å². The van der Waals surface area contributed by atoms with Crippen LogP contribution >= 0.6 is 23.2 Å². The van der Waals surface area contributed by atoms with Crippen LogP contribution in [0.2, 0.25) is 5.02 Å². The minimum atomic E-state index is -3.53. The molecule has 0 aliphatic rings. The molecular weight excluding hydrogens is 269 g/mol. The van der Waals surface area contributed by atoms with Gasteiger partial charge in [-0.15, -0.1) is 11.6 Å². The van der Waals surface area contributed by atoms with Crippen molar-refractivity contribution in [3.05, 3.63) is 29.3 Å². The molecule has 0 radical (unpaired) electrons. The van der Waals surface area contributed by atoms with E-state index in [0.717, 1.165) is 0 Å². The van der Waals surface area contributed by atoms with E-state index in [0.29, 0.717) is 13.0 Å². The molecule has 1 aromatic carbocycles. The van der Waals surface area contributed by atoms with Crippen molar-refractivity contribution in [3.63, 3.8) is 0 Å². The lowest BCUT2D eigenvalue weighted by Crippen LogP contribution is -2.26. The molecule has 1 aromatic rings. The molecule has 0 heterocycles. The van der Waals surface area contributed by atoms with Crippen LogP contribution in [0.5, 0.6) is 0 Å². The molecular formula is C10H13Cl2NO2S. The maximum atomic E-state index is 11.8. The van der Waals surface area contributed by atoms with Crippen molar-refractivity contribution in [3.8, 4) is 0 Å². The number of alkyl halides is 1. The molecule has 6 heteroatoms. The monoisotopic (exact) mass is 281 g/mol. The Labute approximate surface area is 106 Å². The zero-order chi connectivity index (χ0) is 12.2. The summed E-state index contributed by atoms with van der Waals surface area (Å²) in [6, 6.07) is 6.32. The smallest absolute Gasteiger partial charge is 0.211 e. The van der Waals surface area contributed by atoms with E-state index in [1.165, 1.54) is 6.07 Å². The number of nitrogens with one attached hydrogen (secondary N) is 1. The van der Waals surface area contributed by atoms with E-state index in [4.69, 9.17) is 23.2 Å². The van der Waals surface area contributed by atoms with Gasteiger partial charge in [-0.25, -0.2) is 13.1 Å². The van der Waals surface area contributed by atoms with Crippen LogP contribution in [0.3, 0.4) is 0 Å². The van der Waals surface area contributed by atoms with Crippen LogP contribution in [0, 0.1) is 0 Å². The average molecular weight is 282 g/mol. The minimum Gasteiger partial charge on any atom is -0.211 e. The molecule has 0 aliphatic heterocycles. The van der Waals surface area contributed by atoms with Crippen molar-refractivity contribution in [1.82, 2.24) is 4.72 Å². The highest BCUT2D eigenvalue weighted by Gasteiger charge is 2.16. The summed E-state index contributed by atoms with van der Waals surface area (Å²) in [6.07, 6.45) is 0.575. The van der Waals surface area contributed by atoms with E-state index < -0.39 is 10.0 Å². The summed E-state index contributed by atoms with van der Waals surface area (Å²) >= 11 is 11.5. The molecule has 1 atom stereocenters. The summed E-state index contributed by atoms with van der Waals surface area (Å²) in [5.74, 6) is 0. The zero-order valence-corrected chi connectivity index (χ0v) is 11.1. The third-order valence-electron chi connectivity index (χ3n) is 1.96. The lowest BCUT2D eigenvalue weighted by atomic mass is 10.3. The predicted molar refractivity (Wildman–Crippen MR) is 66.6 cm³/mol. The molecule has 0 bridgehead atoms. The van der Waals surface area contributed by atoms with Crippen molar-refractivity contribution >= 4 is 33.2 Å². The Hall–Kier alpha value is -0.290. The average Bonchev–Trinajstić information content (AvgIpc) is 2.17. The molecule has 16 heavy (non-hydrogen) atoms. The van der Waals surface area contributed by atoms with Gasteiger partial charge in [0.1, 0.15) is 4.90 Å². The van der Waals surface area contributed by atoms with Gasteiger partial charge in [0.15, 0.2) is 0 Å². The molecule has 0 spiro atoms. The fourth-order valence-electron chi connectivity index (χ4n) is 1.13. The van der Waals surface area contributed by atoms with Crippen molar-refractivity contribution < 1.29 is 8.42 Å². The summed E-state index contributed by atoms with van der Waals surface area (Å²) in [7, 11) is -3.53. The molecule has 0 saturated carbocycles. The van der Waals surface area contributed by atoms with Crippen LogP contribution in [0.25, 0.3) is 0 Å². The zero-order valence-electron chi connectivity index (χ0n) is 8.78. The van der Waals surface area contributed by atoms with Gasteiger partial charge in [-0.3, -0.25) is 0 Å². The normalized spacial score (nSPS) is 13.7. The van der Waals surface area contributed by atoms with Gasteiger partial charge < -0.3 is 0 Å². The van der Waals surface area contributed by atoms with E-state index in [-0.39, 0.29) is 15.3 Å². The first-order valence-corrected chi connectivity index (χ1v) is 7.11. The second kappa shape index (κ2) is 5.87. The summed E-state index contributed by atoms with van der Waals surface area (Å²) in [4.78, 5) is 0.0962. The third-order valence-corrected chi connectivity index (χ3v) is 4.14. The highest BCUT2D eigenvalue weighted by atomic mass is 35.5. The number of rotatable bonds is 5. The third kappa shape index (κ3) is 3.94. The highest BCUT2D eigenvalue weighted by Crippen LogP contribution is 2.20. The predicted octanol–water partition coefficient (Wildman–Crippen LogP) is 2.64. The highest BCUT2D eigenvalue weighted by molar-refractivity contribution is 7.89. The molecule has 1 unspecified atom stereocenters. The number of sulfonamides is 1. The molecule has 0 aromatic heterocycles. The Morgan fingerprint density at radius 3 is 2.56 bits per heavy atom. The van der Waals surface area contributed by atoms with Crippen LogP contribution in [-0.2, 0) is 10.0 Å². The summed E-state index contributed by atoms with van der Waals surface area (Å²) in [5.41, 5.74) is 0. The van der Waals surface area contributed by atoms with Gasteiger partial charge in [-0.2, -0.15) is 0 Å². The second-order valence-electron chi connectivity index (χ2n) is 3.40. The summed E-state index contributed by atoms with van der Waals surface area (Å²) in [6.45, 7) is 2.11. The van der Waals surface area contributed by atoms with Crippen LogP contribution < -0.4 is 4.72 Å². The number of hydrogen-bond donors (Lipinski definition) is 1. The number of halogens is 2. The maximum Gasteiger partial charge on any atom is 0.242 e. The van der Waals surface area contributed by atoms with Gasteiger partial charge in [0.2, 0.25) is 10.0 Å². The van der Waals surface area contributed by atoms with E-state index in [1.54, 1.807) is 18.2 Å². The molecule has 0 amide bonds. The standard InChI is InChI=1S/C10H13Cl2NO2S/c1-8(11)6-7-13-16(14,15)10-5-3-2-4-9(10)12/h2-5,8,13H,6-7H2,1H3. The van der Waals surface area contributed by atoms with Crippen LogP contribution in [-0.4, -0.2) is 20.3 Å². The van der Waals surface area contributed by atoms with Crippen molar-refractivity contribution in [2.24, 2.45) is 0 Å². The minimum absolute atomic E-state index is 0.0612. The Kier molecular flexibility index (Phi) is 5.05. The van der Waals surface area contributed by atoms with Gasteiger partial charge in [0, 0.05) is 11.9 Å². The van der Waals surface area contributed by atoms with Crippen molar-refractivity contribution in [1.29, 1.82) is 0 Å². The van der Waals surface area contributed by atoms with E-state index in [1.807, 2.05) is 6.92 Å². The molecule has 1 N–H and O–H groups in total. The first kappa shape index (κ1) is 13.8. The van der Waals surface area contributed by atoms with Crippen LogP contribution in [0.4, 0.5) is 0 Å². The lowest BCUT2D eigenvalue weighted by Gasteiger charge is -2.08. The lowest BCUT2D eigenvalue weighted by molar-refractivity contribution is 0.579. The second-order valence-corrected chi connectivity index (χ2v) is 6.29. The van der Waals surface area contributed by atoms with Gasteiger partial charge in [-0.1, -0.05) is 23.7 Å². The molecule has 90 valence electrons. The first-order chi connectivity index (χ1) is 7.43. The summed E-state index contributed by atoms with van der Waals surface area (Å²) < 4.78 is 26.0. The molecule has 3 nitrogen and oxygen atoms in total. The van der Waals surface area contributed by atoms with Crippen molar-refractivity contribution in [2.45, 2.75) is 23.6 Å². The Balaban J connectivity index is 2.75. The number of hydrogen-bond acceptors (Lipinski definition) is 2. The molecule has 0 saturated heterocycles. The van der Waals surface area contributed by atoms with Crippen LogP contribution in [0.15, 0.2) is 29.2 Å². The van der Waals surface area contributed by atoms with Crippen molar-refractivity contribution in [2.75, 3.05) is 6.54 Å². The quantitative estimate of drug-likeness (QED) is 0.844. The topological polar surface area (TPSA) is 46.2 Å².